The van der Waals surface area contributed by atoms with Crippen molar-refractivity contribution in [2.24, 2.45) is 0 Å². The van der Waals surface area contributed by atoms with Gasteiger partial charge in [-0.3, -0.25) is 9.80 Å². The van der Waals surface area contributed by atoms with E-state index in [1.165, 1.54) is 134 Å². The first-order chi connectivity index (χ1) is 44.8. The minimum Gasteiger partial charge on any atom is -0.295 e. The molecule has 0 N–H and O–H groups in total. The number of anilines is 6. The van der Waals surface area contributed by atoms with E-state index in [4.69, 9.17) is 9.97 Å². The number of hydrogen-bond acceptors (Lipinski definition) is 4. The van der Waals surface area contributed by atoms with Crippen molar-refractivity contribution in [1.29, 1.82) is 0 Å². The molecule has 17 rings (SSSR count). The molecule has 10 aromatic carbocycles. The molecule has 93 heavy (non-hydrogen) atoms. The van der Waals surface area contributed by atoms with Crippen LogP contribution in [0.3, 0.4) is 0 Å². The van der Waals surface area contributed by atoms with Gasteiger partial charge >= 0.3 is 0 Å². The van der Waals surface area contributed by atoms with Crippen LogP contribution in [-0.2, 0) is 27.1 Å². The van der Waals surface area contributed by atoms with E-state index < -0.39 is 0 Å². The third kappa shape index (κ3) is 8.57. The van der Waals surface area contributed by atoms with Crippen LogP contribution in [0.2, 0.25) is 0 Å². The highest BCUT2D eigenvalue weighted by Gasteiger charge is 2.41. The highest BCUT2D eigenvalue weighted by atomic mass is 15.2. The highest BCUT2D eigenvalue weighted by molar-refractivity contribution is 5.92. The predicted molar refractivity (Wildman–Crippen MR) is 390 cm³/mol. The smallest absolute Gasteiger partial charge is 0.137 e. The lowest BCUT2D eigenvalue weighted by molar-refractivity contribution is 0.659. The van der Waals surface area contributed by atoms with Gasteiger partial charge in [-0.15, -0.1) is 0 Å². The van der Waals surface area contributed by atoms with Crippen LogP contribution in [0.15, 0.2) is 243 Å². The molecule has 0 radical (unpaired) electrons. The van der Waals surface area contributed by atoms with E-state index in [9.17, 15) is 0 Å². The Morgan fingerprint density at radius 3 is 0.720 bits per heavy atom. The summed E-state index contributed by atoms with van der Waals surface area (Å²) in [6.07, 6.45) is 13.0. The fourth-order valence-corrected chi connectivity index (χ4v) is 16.8. The molecule has 0 aliphatic heterocycles. The molecule has 2 heterocycles. The summed E-state index contributed by atoms with van der Waals surface area (Å²) in [6, 6.07) is 86.3. The maximum atomic E-state index is 4.94. The molecule has 0 bridgehead atoms. The molecule has 0 spiro atoms. The normalized spacial score (nSPS) is 16.0. The third-order valence-corrected chi connectivity index (χ3v) is 22.0. The molecule has 0 unspecified atom stereocenters. The fourth-order valence-electron chi connectivity index (χ4n) is 16.8. The first-order valence-electron chi connectivity index (χ1n) is 33.0. The van der Waals surface area contributed by atoms with E-state index in [-0.39, 0.29) is 27.1 Å². The standard InChI is InChI=1S/C89H74N4/c1-85(2)73-21-13-11-19-63(73)69-41-33-59(51-79(69)85)92(83-23-15-17-45-90-83)61-35-43-71-67-39-31-57(49-77(67)88(7,8)81(71)53-61)27-25-55-29-37-65-66-38-30-56(48-76(66)87(5,6)75(65)47-55)26-28-58-32-40-68-72-44-36-62(54-82(72)89(9,10)78(68)50-58)93(84-24-16-18-46-91-84)60-34-42-70-64-20-12-14-22-74(64)86(3,4)80(70)52-60/h11-54H,1-10H3. The van der Waals surface area contributed by atoms with Crippen LogP contribution in [0.25, 0.3) is 79.9 Å². The van der Waals surface area contributed by atoms with Crippen LogP contribution in [-0.4, -0.2) is 9.97 Å². The molecule has 0 saturated heterocycles. The summed E-state index contributed by atoms with van der Waals surface area (Å²) in [4.78, 5) is 14.5. The molecule has 0 fully saturated rings. The second-order valence-electron chi connectivity index (χ2n) is 29.1. The van der Waals surface area contributed by atoms with E-state index in [0.29, 0.717) is 0 Å². The molecule has 0 amide bonds. The summed E-state index contributed by atoms with van der Waals surface area (Å²) in [5.41, 5.74) is 35.0. The van der Waals surface area contributed by atoms with Crippen molar-refractivity contribution in [2.75, 3.05) is 9.80 Å². The van der Waals surface area contributed by atoms with Gasteiger partial charge in [0.25, 0.3) is 0 Å². The molecular formula is C89H74N4. The zero-order valence-corrected chi connectivity index (χ0v) is 54.7. The van der Waals surface area contributed by atoms with Crippen LogP contribution in [0, 0.1) is 0 Å². The predicted octanol–water partition coefficient (Wildman–Crippen LogP) is 23.3. The monoisotopic (exact) mass is 1200 g/mol. The first-order valence-corrected chi connectivity index (χ1v) is 33.0. The van der Waals surface area contributed by atoms with E-state index in [0.717, 1.165) is 34.4 Å². The Hall–Kier alpha value is -10.4. The number of rotatable bonds is 10. The summed E-state index contributed by atoms with van der Waals surface area (Å²) in [7, 11) is 0. The lowest BCUT2D eigenvalue weighted by Crippen LogP contribution is -2.18. The molecule has 12 aromatic rings. The zero-order valence-electron chi connectivity index (χ0n) is 54.7. The maximum Gasteiger partial charge on any atom is 0.137 e. The van der Waals surface area contributed by atoms with Crippen LogP contribution in [0.1, 0.15) is 147 Å². The molecule has 5 aliphatic carbocycles. The van der Waals surface area contributed by atoms with E-state index >= 15 is 0 Å². The van der Waals surface area contributed by atoms with Crippen molar-refractivity contribution < 1.29 is 0 Å². The van der Waals surface area contributed by atoms with Crippen molar-refractivity contribution in [3.05, 3.63) is 321 Å². The number of benzene rings is 10. The van der Waals surface area contributed by atoms with Gasteiger partial charge in [0.05, 0.1) is 0 Å². The van der Waals surface area contributed by atoms with Crippen molar-refractivity contribution >= 4 is 58.7 Å². The van der Waals surface area contributed by atoms with Crippen LogP contribution < -0.4 is 9.80 Å². The molecule has 450 valence electrons. The molecule has 5 aliphatic rings. The minimum atomic E-state index is -0.225. The van der Waals surface area contributed by atoms with Crippen LogP contribution >= 0.6 is 0 Å². The Morgan fingerprint density at radius 1 is 0.226 bits per heavy atom. The van der Waals surface area contributed by atoms with E-state index in [1.54, 1.807) is 0 Å². The lowest BCUT2D eigenvalue weighted by Gasteiger charge is -2.29. The average molecular weight is 1200 g/mol. The van der Waals surface area contributed by atoms with Gasteiger partial charge in [-0.2, -0.15) is 0 Å². The number of pyridine rings is 2. The third-order valence-electron chi connectivity index (χ3n) is 22.0. The van der Waals surface area contributed by atoms with E-state index in [1.807, 2.05) is 24.5 Å². The van der Waals surface area contributed by atoms with Crippen molar-refractivity contribution in [1.82, 2.24) is 9.97 Å². The quantitative estimate of drug-likeness (QED) is 0.128. The Bertz CT molecular complexity index is 4860. The maximum absolute atomic E-state index is 4.94. The Balaban J connectivity index is 0.609. The Morgan fingerprint density at radius 2 is 0.452 bits per heavy atom. The lowest BCUT2D eigenvalue weighted by atomic mass is 9.81. The number of nitrogens with zero attached hydrogens (tertiary/aromatic N) is 4. The van der Waals surface area contributed by atoms with Gasteiger partial charge in [0, 0.05) is 62.2 Å². The van der Waals surface area contributed by atoms with Gasteiger partial charge in [0.1, 0.15) is 11.6 Å². The van der Waals surface area contributed by atoms with Crippen molar-refractivity contribution in [3.8, 4) is 55.6 Å². The van der Waals surface area contributed by atoms with E-state index in [2.05, 4.69) is 322 Å². The average Bonchev–Trinajstić information content (AvgIpc) is 1.64. The molecule has 2 aromatic heterocycles. The van der Waals surface area contributed by atoms with Crippen LogP contribution in [0.4, 0.5) is 34.4 Å². The van der Waals surface area contributed by atoms with Crippen molar-refractivity contribution in [3.63, 3.8) is 0 Å². The molecule has 0 saturated carbocycles. The van der Waals surface area contributed by atoms with Crippen molar-refractivity contribution in [2.45, 2.75) is 96.3 Å². The number of hydrogen-bond donors (Lipinski definition) is 0. The second-order valence-corrected chi connectivity index (χ2v) is 29.1. The summed E-state index contributed by atoms with van der Waals surface area (Å²) in [5.74, 6) is 1.79. The summed E-state index contributed by atoms with van der Waals surface area (Å²) in [5, 5.41) is 0. The zero-order chi connectivity index (χ0) is 63.5. The summed E-state index contributed by atoms with van der Waals surface area (Å²) >= 11 is 0. The molecule has 0 atom stereocenters. The number of aromatic nitrogens is 2. The SMILES string of the molecule is CC1(C)c2cc(C=Cc3ccc4c(c3)C(C)(C)c3cc(N(c5ccc6c(c5)C(C)(C)c5ccccc5-6)c5ccccn5)ccc3-4)ccc2-c2ccc(C=Cc3ccc4c(c3)C(C)(C)c3cc(N(c5ccc6c(c5)C(C)(C)c5ccccc5-6)c5ccccn5)ccc3-4)cc21. The number of fused-ring (bicyclic) bond motifs is 15. The van der Waals surface area contributed by atoms with Gasteiger partial charge in [-0.1, -0.05) is 251 Å². The largest absolute Gasteiger partial charge is 0.295 e. The molecular weight excluding hydrogens is 1130 g/mol. The minimum absolute atomic E-state index is 0.115. The van der Waals surface area contributed by atoms with Gasteiger partial charge in [-0.05, 0) is 206 Å². The topological polar surface area (TPSA) is 32.3 Å². The van der Waals surface area contributed by atoms with Gasteiger partial charge < -0.3 is 0 Å². The van der Waals surface area contributed by atoms with Gasteiger partial charge in [0.15, 0.2) is 0 Å². The second kappa shape index (κ2) is 20.3. The molecule has 4 nitrogen and oxygen atoms in total. The summed E-state index contributed by atoms with van der Waals surface area (Å²) in [6.45, 7) is 23.7. The fraction of sp³-hybridized carbons (Fsp3) is 0.169. The van der Waals surface area contributed by atoms with Gasteiger partial charge in [-0.25, -0.2) is 9.97 Å². The van der Waals surface area contributed by atoms with Crippen LogP contribution in [0.5, 0.6) is 0 Å². The molecule has 4 heteroatoms. The Labute approximate surface area is 548 Å². The first kappa shape index (κ1) is 56.6. The summed E-state index contributed by atoms with van der Waals surface area (Å²) < 4.78 is 0. The highest BCUT2D eigenvalue weighted by Crippen LogP contribution is 2.57. The Kier molecular flexibility index (Phi) is 12.3. The van der Waals surface area contributed by atoms with Gasteiger partial charge in [0.2, 0.25) is 0 Å².